The van der Waals surface area contributed by atoms with Crippen LogP contribution < -0.4 is 0 Å². The average Bonchev–Trinajstić information content (AvgIpc) is 2.27. The molecule has 0 aliphatic heterocycles. The van der Waals surface area contributed by atoms with Gasteiger partial charge in [0.05, 0.1) is 17.5 Å². The van der Waals surface area contributed by atoms with E-state index in [0.29, 0.717) is 4.90 Å². The molecule has 0 heterocycles. The van der Waals surface area contributed by atoms with Crippen LogP contribution in [0.15, 0.2) is 23.1 Å². The maximum absolute atomic E-state index is 11.9. The minimum atomic E-state index is -0.696. The van der Waals surface area contributed by atoms with Crippen molar-refractivity contribution in [2.24, 2.45) is 0 Å². The molecule has 0 saturated heterocycles. The number of ketones is 1. The minimum Gasteiger partial charge on any atom is -0.462 e. The van der Waals surface area contributed by atoms with Gasteiger partial charge in [0.2, 0.25) is 0 Å². The Morgan fingerprint density at radius 3 is 2.65 bits per heavy atom. The molecule has 1 unspecified atom stereocenters. The van der Waals surface area contributed by atoms with Gasteiger partial charge >= 0.3 is 5.97 Å². The summed E-state index contributed by atoms with van der Waals surface area (Å²) in [6.07, 6.45) is 0. The fraction of sp³-hybridized carbons (Fsp3) is 0.333. The highest BCUT2D eigenvalue weighted by molar-refractivity contribution is 7.80. The zero-order chi connectivity index (χ0) is 13.0. The molecule has 1 atom stereocenters. The smallest absolute Gasteiger partial charge is 0.339 e. The van der Waals surface area contributed by atoms with Crippen molar-refractivity contribution in [1.82, 2.24) is 0 Å². The van der Waals surface area contributed by atoms with Crippen LogP contribution in [0.2, 0.25) is 0 Å². The van der Waals surface area contributed by atoms with E-state index in [1.807, 2.05) is 0 Å². The van der Waals surface area contributed by atoms with Gasteiger partial charge in [-0.25, -0.2) is 4.79 Å². The van der Waals surface area contributed by atoms with Crippen LogP contribution >= 0.6 is 24.2 Å². The number of hydrogen-bond acceptors (Lipinski definition) is 4. The van der Waals surface area contributed by atoms with E-state index in [1.165, 1.54) is 0 Å². The first-order chi connectivity index (χ1) is 7.99. The second-order valence-corrected chi connectivity index (χ2v) is 4.54. The van der Waals surface area contributed by atoms with E-state index in [9.17, 15) is 9.59 Å². The quantitative estimate of drug-likeness (QED) is 0.397. The monoisotopic (exact) mass is 272 g/mol. The number of hydrogen-bond donors (Lipinski definition) is 1. The van der Waals surface area contributed by atoms with Crippen molar-refractivity contribution in [3.63, 3.8) is 0 Å². The molecule has 0 aliphatic carbocycles. The number of carbonyl (C=O) groups excluding carboxylic acids is 2. The molecule has 0 amide bonds. The molecule has 1 aromatic carbocycles. The summed E-state index contributed by atoms with van der Waals surface area (Å²) >= 11 is 9.91. The van der Waals surface area contributed by atoms with Crippen LogP contribution in [-0.4, -0.2) is 23.7 Å². The lowest BCUT2D eigenvalue weighted by Crippen LogP contribution is -2.17. The average molecular weight is 273 g/mol. The first-order valence-electron chi connectivity index (χ1n) is 5.16. The van der Waals surface area contributed by atoms with E-state index < -0.39 is 11.3 Å². The van der Waals surface area contributed by atoms with Gasteiger partial charge in [-0.15, -0.1) is 24.2 Å². The third-order valence-corrected chi connectivity index (χ3v) is 2.72. The third kappa shape index (κ3) is 3.23. The van der Waals surface area contributed by atoms with Gasteiger partial charge in [-0.05, 0) is 19.9 Å². The van der Waals surface area contributed by atoms with Gasteiger partial charge in [0.15, 0.2) is 5.78 Å². The SMILES string of the molecule is CCOC(=O)c1c(S)cccc1C(=O)C(C)Cl. The molecule has 0 spiro atoms. The third-order valence-electron chi connectivity index (χ3n) is 2.15. The van der Waals surface area contributed by atoms with Crippen molar-refractivity contribution in [3.05, 3.63) is 29.3 Å². The van der Waals surface area contributed by atoms with Crippen LogP contribution in [-0.2, 0) is 4.74 Å². The Bertz CT molecular complexity index is 443. The van der Waals surface area contributed by atoms with Crippen LogP contribution in [0, 0.1) is 0 Å². The summed E-state index contributed by atoms with van der Waals surface area (Å²) < 4.78 is 4.90. The van der Waals surface area contributed by atoms with E-state index in [1.54, 1.807) is 32.0 Å². The van der Waals surface area contributed by atoms with E-state index in [-0.39, 0.29) is 23.5 Å². The Kier molecular flexibility index (Phi) is 5.02. The summed E-state index contributed by atoms with van der Waals surface area (Å²) in [7, 11) is 0. The summed E-state index contributed by atoms with van der Waals surface area (Å²) in [6.45, 7) is 3.50. The van der Waals surface area contributed by atoms with Crippen molar-refractivity contribution in [2.45, 2.75) is 24.1 Å². The Hall–Kier alpha value is -1.00. The lowest BCUT2D eigenvalue weighted by atomic mass is 10.0. The largest absolute Gasteiger partial charge is 0.462 e. The molecular formula is C12H13ClO3S. The van der Waals surface area contributed by atoms with Crippen LogP contribution in [0.1, 0.15) is 34.6 Å². The van der Waals surface area contributed by atoms with E-state index in [2.05, 4.69) is 12.6 Å². The van der Waals surface area contributed by atoms with Crippen molar-refractivity contribution < 1.29 is 14.3 Å². The van der Waals surface area contributed by atoms with Crippen molar-refractivity contribution in [3.8, 4) is 0 Å². The normalized spacial score (nSPS) is 12.0. The minimum absolute atomic E-state index is 0.176. The van der Waals surface area contributed by atoms with Gasteiger partial charge < -0.3 is 4.74 Å². The molecule has 17 heavy (non-hydrogen) atoms. The van der Waals surface area contributed by atoms with Gasteiger partial charge in [-0.2, -0.15) is 0 Å². The van der Waals surface area contributed by atoms with Crippen molar-refractivity contribution in [2.75, 3.05) is 6.61 Å². The molecule has 92 valence electrons. The maximum atomic E-state index is 11.9. The fourth-order valence-corrected chi connectivity index (χ4v) is 1.79. The van der Waals surface area contributed by atoms with Crippen molar-refractivity contribution in [1.29, 1.82) is 0 Å². The fourth-order valence-electron chi connectivity index (χ4n) is 1.38. The standard InChI is InChI=1S/C12H13ClO3S/c1-3-16-12(15)10-8(11(14)7(2)13)5-4-6-9(10)17/h4-7,17H,3H2,1-2H3. The van der Waals surface area contributed by atoms with Gasteiger partial charge in [0, 0.05) is 10.5 Å². The highest BCUT2D eigenvalue weighted by Gasteiger charge is 2.22. The number of rotatable bonds is 4. The Labute approximate surface area is 111 Å². The van der Waals surface area contributed by atoms with Gasteiger partial charge in [0.1, 0.15) is 0 Å². The Morgan fingerprint density at radius 2 is 2.12 bits per heavy atom. The highest BCUT2D eigenvalue weighted by atomic mass is 35.5. The first-order valence-corrected chi connectivity index (χ1v) is 6.04. The number of Topliss-reactive ketones (excluding diaryl/α,β-unsaturated/α-hetero) is 1. The van der Waals surface area contributed by atoms with Gasteiger partial charge in [-0.1, -0.05) is 12.1 Å². The molecule has 0 bridgehead atoms. The maximum Gasteiger partial charge on any atom is 0.339 e. The number of carbonyl (C=O) groups is 2. The zero-order valence-corrected chi connectivity index (χ0v) is 11.2. The predicted molar refractivity (Wildman–Crippen MR) is 69.3 cm³/mol. The molecule has 0 saturated carbocycles. The molecular weight excluding hydrogens is 260 g/mol. The second kappa shape index (κ2) is 6.07. The lowest BCUT2D eigenvalue weighted by molar-refractivity contribution is 0.0519. The lowest BCUT2D eigenvalue weighted by Gasteiger charge is -2.11. The molecule has 0 aliphatic rings. The van der Waals surface area contributed by atoms with E-state index in [4.69, 9.17) is 16.3 Å². The molecule has 5 heteroatoms. The number of halogens is 1. The number of ether oxygens (including phenoxy) is 1. The van der Waals surface area contributed by atoms with Crippen LogP contribution in [0.5, 0.6) is 0 Å². The summed E-state index contributed by atoms with van der Waals surface area (Å²) in [5, 5.41) is -0.696. The molecule has 0 radical (unpaired) electrons. The zero-order valence-electron chi connectivity index (χ0n) is 9.57. The van der Waals surface area contributed by atoms with Gasteiger partial charge in [0.25, 0.3) is 0 Å². The summed E-state index contributed by atoms with van der Waals surface area (Å²) in [6, 6.07) is 4.83. The first kappa shape index (κ1) is 14.1. The van der Waals surface area contributed by atoms with E-state index in [0.717, 1.165) is 0 Å². The Balaban J connectivity index is 3.26. The van der Waals surface area contributed by atoms with Crippen LogP contribution in [0.3, 0.4) is 0 Å². The van der Waals surface area contributed by atoms with E-state index >= 15 is 0 Å². The molecule has 0 N–H and O–H groups in total. The number of benzene rings is 1. The second-order valence-electron chi connectivity index (χ2n) is 3.40. The number of thiol groups is 1. The summed E-state index contributed by atoms with van der Waals surface area (Å²) in [5.74, 6) is -0.871. The molecule has 0 fully saturated rings. The molecule has 1 aromatic rings. The molecule has 3 nitrogen and oxygen atoms in total. The molecule has 1 rings (SSSR count). The summed E-state index contributed by atoms with van der Waals surface area (Å²) in [5.41, 5.74) is 0.425. The topological polar surface area (TPSA) is 43.4 Å². The van der Waals surface area contributed by atoms with Crippen molar-refractivity contribution >= 4 is 36.0 Å². The predicted octanol–water partition coefficient (Wildman–Crippen LogP) is 2.96. The summed E-state index contributed by atoms with van der Waals surface area (Å²) in [4.78, 5) is 24.0. The van der Waals surface area contributed by atoms with Gasteiger partial charge in [-0.3, -0.25) is 4.79 Å². The number of alkyl halides is 1. The molecule has 0 aromatic heterocycles. The number of esters is 1. The Morgan fingerprint density at radius 1 is 1.47 bits per heavy atom. The van der Waals surface area contributed by atoms with Crippen LogP contribution in [0.4, 0.5) is 0 Å². The van der Waals surface area contributed by atoms with Crippen LogP contribution in [0.25, 0.3) is 0 Å². The highest BCUT2D eigenvalue weighted by Crippen LogP contribution is 2.22.